The van der Waals surface area contributed by atoms with E-state index in [2.05, 4.69) is 33.9 Å². The zero-order valence-corrected chi connectivity index (χ0v) is 12.6. The zero-order chi connectivity index (χ0) is 13.4. The molecule has 0 aromatic heterocycles. The molecule has 0 heterocycles. The van der Waals surface area contributed by atoms with E-state index in [1.165, 1.54) is 69.8 Å². The fourth-order valence-electron chi connectivity index (χ4n) is 1.57. The van der Waals surface area contributed by atoms with Gasteiger partial charge < -0.3 is 0 Å². The van der Waals surface area contributed by atoms with Gasteiger partial charge in [-0.2, -0.15) is 0 Å². The molecular formula is C17H34. The molecule has 0 aliphatic heterocycles. The van der Waals surface area contributed by atoms with E-state index in [-0.39, 0.29) is 0 Å². The van der Waals surface area contributed by atoms with Gasteiger partial charge in [0.05, 0.1) is 0 Å². The molecule has 0 bridgehead atoms. The molecule has 0 aromatic carbocycles. The van der Waals surface area contributed by atoms with Gasteiger partial charge in [-0.15, -0.1) is 13.2 Å². The third-order valence-corrected chi connectivity index (χ3v) is 2.72. The molecule has 0 rings (SSSR count). The standard InChI is InChI=1S/C9H18.C8H16/c1-3-5-7-9-8-6-4-2;1-4-5-6-7-8(2)3/h3H,1,4-9H2,2H3;2,4-7H2,1,3H3. The van der Waals surface area contributed by atoms with Crippen molar-refractivity contribution in [1.29, 1.82) is 0 Å². The molecule has 0 aliphatic carbocycles. The number of hydrogen-bond donors (Lipinski definition) is 0. The third-order valence-electron chi connectivity index (χ3n) is 2.72. The van der Waals surface area contributed by atoms with E-state index in [4.69, 9.17) is 0 Å². The van der Waals surface area contributed by atoms with Gasteiger partial charge in [0.25, 0.3) is 0 Å². The second kappa shape index (κ2) is 17.9. The van der Waals surface area contributed by atoms with E-state index < -0.39 is 0 Å². The van der Waals surface area contributed by atoms with E-state index in [9.17, 15) is 0 Å². The van der Waals surface area contributed by atoms with Crippen molar-refractivity contribution in [3.63, 3.8) is 0 Å². The van der Waals surface area contributed by atoms with Gasteiger partial charge in [-0.3, -0.25) is 0 Å². The summed E-state index contributed by atoms with van der Waals surface area (Å²) in [5, 5.41) is 0. The summed E-state index contributed by atoms with van der Waals surface area (Å²) in [7, 11) is 0. The van der Waals surface area contributed by atoms with Crippen LogP contribution in [0.4, 0.5) is 0 Å². The molecular weight excluding hydrogens is 204 g/mol. The van der Waals surface area contributed by atoms with Crippen LogP contribution in [-0.4, -0.2) is 0 Å². The minimum absolute atomic E-state index is 1.20. The predicted molar refractivity (Wildman–Crippen MR) is 82.5 cm³/mol. The quantitative estimate of drug-likeness (QED) is 0.294. The van der Waals surface area contributed by atoms with E-state index in [1.54, 1.807) is 0 Å². The zero-order valence-electron chi connectivity index (χ0n) is 12.6. The van der Waals surface area contributed by atoms with Crippen molar-refractivity contribution in [3.05, 3.63) is 24.8 Å². The smallest absolute Gasteiger partial charge is 0.0326 e. The number of hydrogen-bond acceptors (Lipinski definition) is 0. The average molecular weight is 238 g/mol. The van der Waals surface area contributed by atoms with Crippen molar-refractivity contribution >= 4 is 0 Å². The van der Waals surface area contributed by atoms with Crippen LogP contribution in [0.5, 0.6) is 0 Å². The molecule has 0 unspecified atom stereocenters. The van der Waals surface area contributed by atoms with Crippen LogP contribution in [0, 0.1) is 0 Å². The molecule has 0 N–H and O–H groups in total. The normalized spacial score (nSPS) is 9.35. The highest BCUT2D eigenvalue weighted by Gasteiger charge is 1.85. The minimum Gasteiger partial charge on any atom is -0.103 e. The summed E-state index contributed by atoms with van der Waals surface area (Å²) in [6, 6.07) is 0. The molecule has 0 aromatic rings. The third kappa shape index (κ3) is 25.6. The highest BCUT2D eigenvalue weighted by atomic mass is 13.9. The van der Waals surface area contributed by atoms with E-state index in [0.717, 1.165) is 0 Å². The van der Waals surface area contributed by atoms with Crippen LogP contribution in [0.2, 0.25) is 0 Å². The summed E-state index contributed by atoms with van der Waals surface area (Å²) >= 11 is 0. The Bertz CT molecular complexity index is 155. The fourth-order valence-corrected chi connectivity index (χ4v) is 1.57. The molecule has 0 saturated carbocycles. The fraction of sp³-hybridized carbons (Fsp3) is 0.765. The molecule has 0 amide bonds. The Labute approximate surface area is 110 Å². The topological polar surface area (TPSA) is 0 Å². The van der Waals surface area contributed by atoms with E-state index >= 15 is 0 Å². The van der Waals surface area contributed by atoms with Crippen LogP contribution < -0.4 is 0 Å². The first kappa shape index (κ1) is 18.8. The first-order chi connectivity index (χ1) is 8.18. The molecule has 0 heteroatoms. The summed E-state index contributed by atoms with van der Waals surface area (Å²) in [5.74, 6) is 0. The Balaban J connectivity index is 0. The summed E-state index contributed by atoms with van der Waals surface area (Å²) < 4.78 is 0. The first-order valence-electron chi connectivity index (χ1n) is 7.44. The molecule has 102 valence electrons. The lowest BCUT2D eigenvalue weighted by Gasteiger charge is -1.94. The number of unbranched alkanes of at least 4 members (excludes halogenated alkanes) is 7. The van der Waals surface area contributed by atoms with E-state index in [1.807, 2.05) is 6.08 Å². The highest BCUT2D eigenvalue weighted by Crippen LogP contribution is 2.05. The van der Waals surface area contributed by atoms with Crippen molar-refractivity contribution in [2.45, 2.75) is 85.0 Å². The molecule has 0 aliphatic rings. The van der Waals surface area contributed by atoms with Gasteiger partial charge in [0.2, 0.25) is 0 Å². The first-order valence-corrected chi connectivity index (χ1v) is 7.44. The van der Waals surface area contributed by atoms with Gasteiger partial charge in [-0.05, 0) is 32.6 Å². The number of allylic oxidation sites excluding steroid dienone is 2. The van der Waals surface area contributed by atoms with Crippen molar-refractivity contribution in [3.8, 4) is 0 Å². The maximum Gasteiger partial charge on any atom is -0.0326 e. The van der Waals surface area contributed by atoms with Crippen molar-refractivity contribution in [1.82, 2.24) is 0 Å². The molecule has 0 radical (unpaired) electrons. The Kier molecular flexibility index (Phi) is 19.8. The summed E-state index contributed by atoms with van der Waals surface area (Å²) in [6.45, 7) is 14.1. The maximum absolute atomic E-state index is 3.83. The average Bonchev–Trinajstić information content (AvgIpc) is 2.30. The van der Waals surface area contributed by atoms with Gasteiger partial charge in [0, 0.05) is 0 Å². The second-order valence-corrected chi connectivity index (χ2v) is 4.91. The monoisotopic (exact) mass is 238 g/mol. The van der Waals surface area contributed by atoms with Crippen molar-refractivity contribution in [2.24, 2.45) is 0 Å². The van der Waals surface area contributed by atoms with Crippen molar-refractivity contribution in [2.75, 3.05) is 0 Å². The molecule has 0 fully saturated rings. The Morgan fingerprint density at radius 3 is 1.88 bits per heavy atom. The van der Waals surface area contributed by atoms with Crippen molar-refractivity contribution < 1.29 is 0 Å². The maximum atomic E-state index is 3.83. The van der Waals surface area contributed by atoms with Crippen LogP contribution in [-0.2, 0) is 0 Å². The molecule has 17 heavy (non-hydrogen) atoms. The lowest BCUT2D eigenvalue weighted by Crippen LogP contribution is -1.74. The largest absolute Gasteiger partial charge is 0.103 e. The highest BCUT2D eigenvalue weighted by molar-refractivity contribution is 4.86. The lowest BCUT2D eigenvalue weighted by molar-refractivity contribution is 0.638. The number of rotatable bonds is 10. The SMILES string of the molecule is C=C(C)CCCCC.C=CCCCCCCC. The predicted octanol–water partition coefficient (Wildman–Crippen LogP) is 6.68. The molecule has 0 nitrogen and oxygen atoms in total. The summed E-state index contributed by atoms with van der Waals surface area (Å²) in [5.41, 5.74) is 1.32. The van der Waals surface area contributed by atoms with Gasteiger partial charge in [-0.1, -0.05) is 64.0 Å². The Morgan fingerprint density at radius 1 is 0.882 bits per heavy atom. The van der Waals surface area contributed by atoms with E-state index in [0.29, 0.717) is 0 Å². The summed E-state index contributed by atoms with van der Waals surface area (Å²) in [6.07, 6.45) is 15.3. The van der Waals surface area contributed by atoms with Gasteiger partial charge in [-0.25, -0.2) is 0 Å². The van der Waals surface area contributed by atoms with Crippen LogP contribution >= 0.6 is 0 Å². The van der Waals surface area contributed by atoms with Gasteiger partial charge in [0.15, 0.2) is 0 Å². The summed E-state index contributed by atoms with van der Waals surface area (Å²) in [4.78, 5) is 0. The van der Waals surface area contributed by atoms with Crippen LogP contribution in [0.15, 0.2) is 24.8 Å². The Hall–Kier alpha value is -0.520. The molecule has 0 atom stereocenters. The molecule has 0 spiro atoms. The molecule has 0 saturated heterocycles. The lowest BCUT2D eigenvalue weighted by atomic mass is 10.1. The van der Waals surface area contributed by atoms with Crippen LogP contribution in [0.3, 0.4) is 0 Å². The minimum atomic E-state index is 1.20. The van der Waals surface area contributed by atoms with Gasteiger partial charge >= 0.3 is 0 Å². The van der Waals surface area contributed by atoms with Crippen LogP contribution in [0.1, 0.15) is 85.0 Å². The van der Waals surface area contributed by atoms with Gasteiger partial charge in [0.1, 0.15) is 0 Å². The van der Waals surface area contributed by atoms with Crippen LogP contribution in [0.25, 0.3) is 0 Å². The Morgan fingerprint density at radius 2 is 1.41 bits per heavy atom. The second-order valence-electron chi connectivity index (χ2n) is 4.91.